The minimum absolute atomic E-state index is 0.0380. The number of urea groups is 1. The smallest absolute Gasteiger partial charge is 0.319 e. The second kappa shape index (κ2) is 10.8. The van der Waals surface area contributed by atoms with Crippen LogP contribution in [-0.4, -0.2) is 38.0 Å². The van der Waals surface area contributed by atoms with E-state index in [9.17, 15) is 22.8 Å². The molecule has 0 aromatic heterocycles. The predicted molar refractivity (Wildman–Crippen MR) is 115 cm³/mol. The molecule has 31 heavy (non-hydrogen) atoms. The molecule has 0 aliphatic rings. The fourth-order valence-electron chi connectivity index (χ4n) is 2.31. The zero-order chi connectivity index (χ0) is 22.9. The SMILES string of the molecule is CCCNC(=O)Nc1cccc(S(=O)(=O)Nc2ccc(NNC(=O)CC(=O)O)cc2)c1. The van der Waals surface area contributed by atoms with Crippen LogP contribution in [0.3, 0.4) is 0 Å². The fourth-order valence-corrected chi connectivity index (χ4v) is 3.42. The number of carboxylic acids is 1. The molecule has 0 aliphatic heterocycles. The van der Waals surface area contributed by atoms with Crippen LogP contribution in [-0.2, 0) is 19.6 Å². The Kier molecular flexibility index (Phi) is 8.20. The summed E-state index contributed by atoms with van der Waals surface area (Å²) < 4.78 is 27.7. The zero-order valence-corrected chi connectivity index (χ0v) is 17.5. The molecule has 0 bridgehead atoms. The third kappa shape index (κ3) is 7.85. The van der Waals surface area contributed by atoms with Crippen molar-refractivity contribution in [1.29, 1.82) is 0 Å². The molecular formula is C19H23N5O6S. The molecule has 0 radical (unpaired) electrons. The molecule has 3 amide bonds. The third-order valence-electron chi connectivity index (χ3n) is 3.73. The summed E-state index contributed by atoms with van der Waals surface area (Å²) in [5.74, 6) is -1.99. The van der Waals surface area contributed by atoms with Crippen LogP contribution in [0.15, 0.2) is 53.4 Å². The fraction of sp³-hybridized carbons (Fsp3) is 0.211. The van der Waals surface area contributed by atoms with Crippen molar-refractivity contribution in [3.05, 3.63) is 48.5 Å². The Balaban J connectivity index is 2.00. The van der Waals surface area contributed by atoms with Gasteiger partial charge < -0.3 is 15.7 Å². The number of aliphatic carboxylic acids is 1. The first-order chi connectivity index (χ1) is 14.7. The van der Waals surface area contributed by atoms with Crippen molar-refractivity contribution in [2.75, 3.05) is 22.0 Å². The van der Waals surface area contributed by atoms with Crippen molar-refractivity contribution in [2.45, 2.75) is 24.7 Å². The van der Waals surface area contributed by atoms with Crippen molar-refractivity contribution < 1.29 is 27.9 Å². The molecule has 0 spiro atoms. The molecule has 6 N–H and O–H groups in total. The Hall–Kier alpha value is -3.80. The second-order valence-electron chi connectivity index (χ2n) is 6.34. The van der Waals surface area contributed by atoms with Gasteiger partial charge in [0.25, 0.3) is 10.0 Å². The first-order valence-corrected chi connectivity index (χ1v) is 10.7. The van der Waals surface area contributed by atoms with E-state index in [-0.39, 0.29) is 10.6 Å². The van der Waals surface area contributed by atoms with E-state index in [1.807, 2.05) is 6.92 Å². The van der Waals surface area contributed by atoms with E-state index in [0.29, 0.717) is 17.9 Å². The highest BCUT2D eigenvalue weighted by Crippen LogP contribution is 2.20. The number of rotatable bonds is 10. The van der Waals surface area contributed by atoms with E-state index >= 15 is 0 Å². The Bertz CT molecular complexity index is 1040. The first-order valence-electron chi connectivity index (χ1n) is 9.24. The molecule has 0 unspecified atom stereocenters. The van der Waals surface area contributed by atoms with Crippen molar-refractivity contribution in [2.24, 2.45) is 0 Å². The summed E-state index contributed by atoms with van der Waals surface area (Å²) in [5.41, 5.74) is 5.75. The average molecular weight is 449 g/mol. The molecule has 12 heteroatoms. The van der Waals surface area contributed by atoms with Crippen LogP contribution in [0.5, 0.6) is 0 Å². The van der Waals surface area contributed by atoms with Gasteiger partial charge in [-0.05, 0) is 48.9 Å². The maximum Gasteiger partial charge on any atom is 0.319 e. The van der Waals surface area contributed by atoms with Crippen LogP contribution in [0.1, 0.15) is 19.8 Å². The number of nitrogens with one attached hydrogen (secondary N) is 5. The number of hydrogen-bond acceptors (Lipinski definition) is 6. The Morgan fingerprint density at radius 2 is 1.65 bits per heavy atom. The van der Waals surface area contributed by atoms with E-state index in [4.69, 9.17) is 5.11 Å². The van der Waals surface area contributed by atoms with Gasteiger partial charge in [0, 0.05) is 17.9 Å². The van der Waals surface area contributed by atoms with Crippen LogP contribution in [0.25, 0.3) is 0 Å². The lowest BCUT2D eigenvalue weighted by molar-refractivity contribution is -0.140. The van der Waals surface area contributed by atoms with E-state index in [2.05, 4.69) is 26.2 Å². The molecule has 0 heterocycles. The van der Waals surface area contributed by atoms with E-state index < -0.39 is 34.4 Å². The summed E-state index contributed by atoms with van der Waals surface area (Å²) in [6.45, 7) is 2.41. The maximum absolute atomic E-state index is 12.6. The number of carboxylic acid groups (broad SMARTS) is 1. The predicted octanol–water partition coefficient (Wildman–Crippen LogP) is 1.94. The van der Waals surface area contributed by atoms with E-state index in [1.165, 1.54) is 42.5 Å². The lowest BCUT2D eigenvalue weighted by atomic mass is 10.3. The van der Waals surface area contributed by atoms with Gasteiger partial charge in [0.2, 0.25) is 5.91 Å². The summed E-state index contributed by atoms with van der Waals surface area (Å²) in [6, 6.07) is 11.3. The molecule has 11 nitrogen and oxygen atoms in total. The highest BCUT2D eigenvalue weighted by molar-refractivity contribution is 7.92. The maximum atomic E-state index is 12.6. The molecule has 2 aromatic rings. The third-order valence-corrected chi connectivity index (χ3v) is 5.11. The summed E-state index contributed by atoms with van der Waals surface area (Å²) in [5, 5.41) is 13.7. The number of benzene rings is 2. The van der Waals surface area contributed by atoms with Gasteiger partial charge in [-0.25, -0.2) is 13.2 Å². The molecule has 166 valence electrons. The zero-order valence-electron chi connectivity index (χ0n) is 16.6. The molecule has 0 fully saturated rings. The van der Waals surface area contributed by atoms with Crippen LogP contribution in [0.4, 0.5) is 21.9 Å². The number of amides is 3. The van der Waals surface area contributed by atoms with Crippen molar-refractivity contribution >= 4 is 45.0 Å². The topological polar surface area (TPSA) is 166 Å². The average Bonchev–Trinajstić information content (AvgIpc) is 2.71. The highest BCUT2D eigenvalue weighted by atomic mass is 32.2. The molecule has 0 saturated heterocycles. The Morgan fingerprint density at radius 1 is 0.968 bits per heavy atom. The Labute approximate surface area is 179 Å². The van der Waals surface area contributed by atoms with Gasteiger partial charge in [-0.2, -0.15) is 0 Å². The minimum atomic E-state index is -3.92. The van der Waals surface area contributed by atoms with Gasteiger partial charge in [-0.3, -0.25) is 25.2 Å². The number of hydrogen-bond donors (Lipinski definition) is 6. The standard InChI is InChI=1S/C19H23N5O6S/c1-2-10-20-19(28)21-15-4-3-5-16(11-15)31(29,30)24-14-8-6-13(7-9-14)22-23-17(25)12-18(26)27/h3-9,11,22,24H,2,10,12H2,1H3,(H,23,25)(H,26,27)(H2,20,21,28). The lowest BCUT2D eigenvalue weighted by Crippen LogP contribution is -2.30. The van der Waals surface area contributed by atoms with Crippen LogP contribution in [0, 0.1) is 0 Å². The van der Waals surface area contributed by atoms with Crippen molar-refractivity contribution in [3.8, 4) is 0 Å². The van der Waals surface area contributed by atoms with Gasteiger partial charge in [0.05, 0.1) is 10.6 Å². The molecular weight excluding hydrogens is 426 g/mol. The molecule has 0 aliphatic carbocycles. The van der Waals surface area contributed by atoms with E-state index in [1.54, 1.807) is 6.07 Å². The van der Waals surface area contributed by atoms with Crippen molar-refractivity contribution in [1.82, 2.24) is 10.7 Å². The summed E-state index contributed by atoms with van der Waals surface area (Å²) in [6.07, 6.45) is 0.0911. The molecule has 0 saturated carbocycles. The minimum Gasteiger partial charge on any atom is -0.481 e. The summed E-state index contributed by atoms with van der Waals surface area (Å²) in [7, 11) is -3.92. The molecule has 2 rings (SSSR count). The van der Waals surface area contributed by atoms with Crippen molar-refractivity contribution in [3.63, 3.8) is 0 Å². The largest absolute Gasteiger partial charge is 0.481 e. The number of anilines is 3. The van der Waals surface area contributed by atoms with Crippen LogP contribution in [0.2, 0.25) is 0 Å². The van der Waals surface area contributed by atoms with Gasteiger partial charge in [-0.1, -0.05) is 13.0 Å². The Morgan fingerprint density at radius 3 is 2.29 bits per heavy atom. The van der Waals surface area contributed by atoms with Gasteiger partial charge in [0.1, 0.15) is 6.42 Å². The number of carbonyl (C=O) groups excluding carboxylic acids is 2. The van der Waals surface area contributed by atoms with Gasteiger partial charge in [-0.15, -0.1) is 0 Å². The highest BCUT2D eigenvalue weighted by Gasteiger charge is 2.15. The molecule has 2 aromatic carbocycles. The number of carbonyl (C=O) groups is 3. The monoisotopic (exact) mass is 449 g/mol. The summed E-state index contributed by atoms with van der Waals surface area (Å²) >= 11 is 0. The van der Waals surface area contributed by atoms with Gasteiger partial charge in [0.15, 0.2) is 0 Å². The number of hydrazine groups is 1. The summed E-state index contributed by atoms with van der Waals surface area (Å²) in [4.78, 5) is 33.5. The van der Waals surface area contributed by atoms with Crippen LogP contribution >= 0.6 is 0 Å². The normalized spacial score (nSPS) is 10.6. The lowest BCUT2D eigenvalue weighted by Gasteiger charge is -2.12. The second-order valence-corrected chi connectivity index (χ2v) is 8.02. The van der Waals surface area contributed by atoms with Crippen LogP contribution < -0.4 is 26.2 Å². The van der Waals surface area contributed by atoms with E-state index in [0.717, 1.165) is 6.42 Å². The quantitative estimate of drug-likeness (QED) is 0.238. The van der Waals surface area contributed by atoms with Gasteiger partial charge >= 0.3 is 12.0 Å². The first kappa shape index (κ1) is 23.5. The molecule has 0 atom stereocenters. The number of sulfonamides is 1.